The second-order valence-electron chi connectivity index (χ2n) is 4.95. The van der Waals surface area contributed by atoms with Gasteiger partial charge in [0.1, 0.15) is 10.0 Å². The fourth-order valence-corrected chi connectivity index (χ4v) is 4.82. The van der Waals surface area contributed by atoms with Gasteiger partial charge in [0, 0.05) is 30.2 Å². The van der Waals surface area contributed by atoms with Crippen molar-refractivity contribution in [3.8, 4) is 0 Å². The normalized spacial score (nSPS) is 26.9. The second-order valence-corrected chi connectivity index (χ2v) is 8.54. The lowest BCUT2D eigenvalue weighted by Gasteiger charge is -2.27. The fraction of sp³-hybridized carbons (Fsp3) is 0.800. The number of halogens is 1. The number of aromatic nitrogens is 2. The molecule has 18 heavy (non-hydrogen) atoms. The van der Waals surface area contributed by atoms with E-state index in [0.717, 1.165) is 25.0 Å². The summed E-state index contributed by atoms with van der Waals surface area (Å²) in [7, 11) is -2.84. The standard InChI is InChI=1S/C10H14ClN3O2S2/c11-10-9(12-13-17-10)5-14(7-1-2-7)8-3-4-18(15,16)6-8/h7-8H,1-6H2/t8-/m0/s1. The molecule has 2 heterocycles. The van der Waals surface area contributed by atoms with Gasteiger partial charge < -0.3 is 0 Å². The molecule has 1 atom stereocenters. The molecule has 0 unspecified atom stereocenters. The summed E-state index contributed by atoms with van der Waals surface area (Å²) in [5.41, 5.74) is 0.776. The van der Waals surface area contributed by atoms with Crippen LogP contribution in [0.25, 0.3) is 0 Å². The molecule has 1 saturated heterocycles. The quantitative estimate of drug-likeness (QED) is 0.840. The monoisotopic (exact) mass is 307 g/mol. The van der Waals surface area contributed by atoms with E-state index >= 15 is 0 Å². The van der Waals surface area contributed by atoms with Gasteiger partial charge in [-0.1, -0.05) is 16.1 Å². The molecule has 0 aromatic carbocycles. The molecule has 100 valence electrons. The number of nitrogens with zero attached hydrogens (tertiary/aromatic N) is 3. The smallest absolute Gasteiger partial charge is 0.151 e. The van der Waals surface area contributed by atoms with E-state index in [1.54, 1.807) is 0 Å². The highest BCUT2D eigenvalue weighted by Crippen LogP contribution is 2.34. The molecule has 8 heteroatoms. The van der Waals surface area contributed by atoms with Crippen LogP contribution in [0.2, 0.25) is 4.34 Å². The highest BCUT2D eigenvalue weighted by Gasteiger charge is 2.39. The third-order valence-corrected chi connectivity index (χ3v) is 6.27. The minimum absolute atomic E-state index is 0.125. The fourth-order valence-electron chi connectivity index (χ4n) is 2.46. The summed E-state index contributed by atoms with van der Waals surface area (Å²) in [6.07, 6.45) is 3.02. The maximum Gasteiger partial charge on any atom is 0.151 e. The minimum Gasteiger partial charge on any atom is -0.290 e. The van der Waals surface area contributed by atoms with E-state index in [1.807, 2.05) is 0 Å². The van der Waals surface area contributed by atoms with Gasteiger partial charge >= 0.3 is 0 Å². The summed E-state index contributed by atoms with van der Waals surface area (Å²) in [6.45, 7) is 0.625. The van der Waals surface area contributed by atoms with Crippen molar-refractivity contribution in [3.63, 3.8) is 0 Å². The first kappa shape index (κ1) is 12.8. The van der Waals surface area contributed by atoms with Gasteiger partial charge in [-0.2, -0.15) is 0 Å². The number of rotatable bonds is 4. The number of hydrogen-bond donors (Lipinski definition) is 0. The molecule has 0 spiro atoms. The van der Waals surface area contributed by atoms with E-state index in [-0.39, 0.29) is 11.8 Å². The summed E-state index contributed by atoms with van der Waals surface area (Å²) < 4.78 is 27.6. The molecule has 2 aliphatic rings. The molecular weight excluding hydrogens is 294 g/mol. The van der Waals surface area contributed by atoms with E-state index in [1.165, 1.54) is 11.5 Å². The SMILES string of the molecule is O=S1(=O)CC[C@H](N(Cc2nnsc2Cl)C2CC2)C1. The Morgan fingerprint density at radius 3 is 2.61 bits per heavy atom. The lowest BCUT2D eigenvalue weighted by atomic mass is 10.2. The summed E-state index contributed by atoms with van der Waals surface area (Å²) in [5, 5.41) is 4.02. The van der Waals surface area contributed by atoms with Crippen LogP contribution < -0.4 is 0 Å². The Bertz CT molecular complexity index is 541. The molecule has 3 rings (SSSR count). The van der Waals surface area contributed by atoms with Gasteiger partial charge in [-0.3, -0.25) is 4.90 Å². The summed E-state index contributed by atoms with van der Waals surface area (Å²) >= 11 is 7.20. The highest BCUT2D eigenvalue weighted by molar-refractivity contribution is 7.91. The van der Waals surface area contributed by atoms with E-state index in [9.17, 15) is 8.42 Å². The van der Waals surface area contributed by atoms with Crippen molar-refractivity contribution in [2.75, 3.05) is 11.5 Å². The van der Waals surface area contributed by atoms with Crippen LogP contribution in [0.5, 0.6) is 0 Å². The zero-order valence-corrected chi connectivity index (χ0v) is 12.1. The Morgan fingerprint density at radius 1 is 1.33 bits per heavy atom. The van der Waals surface area contributed by atoms with Gasteiger partial charge in [0.2, 0.25) is 0 Å². The minimum atomic E-state index is -2.84. The van der Waals surface area contributed by atoms with Crippen LogP contribution in [0.1, 0.15) is 25.0 Å². The number of sulfone groups is 1. The lowest BCUT2D eigenvalue weighted by molar-refractivity contribution is 0.190. The van der Waals surface area contributed by atoms with Crippen molar-refractivity contribution >= 4 is 33.0 Å². The van der Waals surface area contributed by atoms with Crippen LogP contribution in [0, 0.1) is 0 Å². The Hall–Kier alpha value is -0.240. The predicted molar refractivity (Wildman–Crippen MR) is 70.5 cm³/mol. The molecule has 2 fully saturated rings. The Balaban J connectivity index is 1.75. The summed E-state index contributed by atoms with van der Waals surface area (Å²) in [6, 6.07) is 0.626. The van der Waals surface area contributed by atoms with Crippen molar-refractivity contribution in [1.82, 2.24) is 14.5 Å². The molecule has 5 nitrogen and oxygen atoms in total. The molecule has 1 saturated carbocycles. The first-order valence-electron chi connectivity index (χ1n) is 5.98. The van der Waals surface area contributed by atoms with Crippen LogP contribution in [-0.4, -0.2) is 46.5 Å². The average Bonchev–Trinajstić information content (AvgIpc) is 2.97. The molecule has 0 bridgehead atoms. The van der Waals surface area contributed by atoms with Crippen molar-refractivity contribution < 1.29 is 8.42 Å². The van der Waals surface area contributed by atoms with E-state index in [2.05, 4.69) is 14.5 Å². The van der Waals surface area contributed by atoms with Crippen LogP contribution in [-0.2, 0) is 16.4 Å². The van der Waals surface area contributed by atoms with Gasteiger partial charge in [0.05, 0.1) is 11.5 Å². The highest BCUT2D eigenvalue weighted by atomic mass is 35.5. The lowest BCUT2D eigenvalue weighted by Crippen LogP contribution is -2.37. The average molecular weight is 308 g/mol. The van der Waals surface area contributed by atoms with Gasteiger partial charge in [-0.15, -0.1) is 5.10 Å². The van der Waals surface area contributed by atoms with E-state index in [4.69, 9.17) is 11.6 Å². The molecule has 0 N–H and O–H groups in total. The van der Waals surface area contributed by atoms with Gasteiger partial charge in [-0.05, 0) is 19.3 Å². The second kappa shape index (κ2) is 4.70. The predicted octanol–water partition coefficient (Wildman–Crippen LogP) is 1.34. The van der Waals surface area contributed by atoms with Crippen molar-refractivity contribution in [1.29, 1.82) is 0 Å². The van der Waals surface area contributed by atoms with E-state index in [0.29, 0.717) is 22.7 Å². The first-order chi connectivity index (χ1) is 8.55. The first-order valence-corrected chi connectivity index (χ1v) is 8.95. The van der Waals surface area contributed by atoms with Crippen molar-refractivity contribution in [3.05, 3.63) is 10.0 Å². The Labute approximate surface area is 115 Å². The Morgan fingerprint density at radius 2 is 2.11 bits per heavy atom. The molecule has 1 aliphatic heterocycles. The topological polar surface area (TPSA) is 63.2 Å². The maximum absolute atomic E-state index is 11.6. The molecular formula is C10H14ClN3O2S2. The van der Waals surface area contributed by atoms with Gasteiger partial charge in [-0.25, -0.2) is 8.42 Å². The number of hydrogen-bond acceptors (Lipinski definition) is 6. The van der Waals surface area contributed by atoms with Crippen molar-refractivity contribution in [2.45, 2.75) is 37.9 Å². The van der Waals surface area contributed by atoms with Gasteiger partial charge in [0.25, 0.3) is 0 Å². The Kier molecular flexibility index (Phi) is 3.34. The molecule has 0 radical (unpaired) electrons. The molecule has 0 amide bonds. The summed E-state index contributed by atoms with van der Waals surface area (Å²) in [4.78, 5) is 2.26. The zero-order chi connectivity index (χ0) is 12.8. The van der Waals surface area contributed by atoms with Crippen LogP contribution in [0.3, 0.4) is 0 Å². The van der Waals surface area contributed by atoms with Crippen LogP contribution in [0.15, 0.2) is 0 Å². The van der Waals surface area contributed by atoms with Crippen molar-refractivity contribution in [2.24, 2.45) is 0 Å². The van der Waals surface area contributed by atoms with Crippen LogP contribution in [0.4, 0.5) is 0 Å². The zero-order valence-electron chi connectivity index (χ0n) is 9.75. The molecule has 1 aromatic heterocycles. The third-order valence-electron chi connectivity index (χ3n) is 3.54. The molecule has 1 aromatic rings. The molecule has 1 aliphatic carbocycles. The third kappa shape index (κ3) is 2.68. The van der Waals surface area contributed by atoms with Gasteiger partial charge in [0.15, 0.2) is 9.84 Å². The maximum atomic E-state index is 11.6. The largest absolute Gasteiger partial charge is 0.290 e. The van der Waals surface area contributed by atoms with Crippen LogP contribution >= 0.6 is 23.1 Å². The van der Waals surface area contributed by atoms with E-state index < -0.39 is 9.84 Å². The summed E-state index contributed by atoms with van der Waals surface area (Å²) in [5.74, 6) is 0.586.